The molecule has 1 aromatic rings. The summed E-state index contributed by atoms with van der Waals surface area (Å²) in [4.78, 5) is 11.6. The average molecular weight is 276 g/mol. The van der Waals surface area contributed by atoms with Gasteiger partial charge in [-0.2, -0.15) is 0 Å². The van der Waals surface area contributed by atoms with Crippen molar-refractivity contribution in [1.29, 1.82) is 0 Å². The first-order valence-electron chi connectivity index (χ1n) is 5.34. The molecule has 0 aromatic heterocycles. The van der Waals surface area contributed by atoms with E-state index in [-0.39, 0.29) is 24.9 Å². The van der Waals surface area contributed by atoms with E-state index in [0.29, 0.717) is 16.6 Å². The second-order valence-corrected chi connectivity index (χ2v) is 4.83. The molecule has 0 fully saturated rings. The zero-order valence-corrected chi connectivity index (χ0v) is 11.1. The van der Waals surface area contributed by atoms with Gasteiger partial charge < -0.3 is 10.4 Å². The highest BCUT2D eigenvalue weighted by Crippen LogP contribution is 2.22. The van der Waals surface area contributed by atoms with E-state index < -0.39 is 0 Å². The van der Waals surface area contributed by atoms with E-state index in [1.807, 2.05) is 6.92 Å². The van der Waals surface area contributed by atoms with E-state index in [1.54, 1.807) is 18.2 Å². The molecule has 2 N–H and O–H groups in total. The van der Waals surface area contributed by atoms with E-state index in [0.717, 1.165) is 5.56 Å². The standard InChI is InChI=1S/C12H15Cl2NO2/c1-8(7-16)6-15-12(17)5-9-2-3-10(13)11(14)4-9/h2-4,8,16H,5-7H2,1H3,(H,15,17). The minimum absolute atomic E-state index is 0.0626. The molecule has 0 saturated carbocycles. The summed E-state index contributed by atoms with van der Waals surface area (Å²) in [5, 5.41) is 12.5. The maximum atomic E-state index is 11.6. The van der Waals surface area contributed by atoms with Gasteiger partial charge in [0.25, 0.3) is 0 Å². The number of carbonyl (C=O) groups excluding carboxylic acids is 1. The van der Waals surface area contributed by atoms with Crippen molar-refractivity contribution in [2.45, 2.75) is 13.3 Å². The molecule has 0 heterocycles. The molecule has 17 heavy (non-hydrogen) atoms. The average Bonchev–Trinajstić information content (AvgIpc) is 2.31. The van der Waals surface area contributed by atoms with Gasteiger partial charge in [-0.15, -0.1) is 0 Å². The van der Waals surface area contributed by atoms with Gasteiger partial charge in [-0.3, -0.25) is 4.79 Å². The van der Waals surface area contributed by atoms with Crippen molar-refractivity contribution < 1.29 is 9.90 Å². The number of aliphatic hydroxyl groups is 1. The molecule has 1 amide bonds. The van der Waals surface area contributed by atoms with Crippen molar-refractivity contribution in [2.24, 2.45) is 5.92 Å². The Morgan fingerprint density at radius 1 is 1.41 bits per heavy atom. The third-order valence-corrected chi connectivity index (χ3v) is 3.05. The van der Waals surface area contributed by atoms with Crippen LogP contribution in [0.15, 0.2) is 18.2 Å². The van der Waals surface area contributed by atoms with E-state index in [2.05, 4.69) is 5.32 Å². The molecule has 1 unspecified atom stereocenters. The molecular weight excluding hydrogens is 261 g/mol. The third kappa shape index (κ3) is 4.94. The highest BCUT2D eigenvalue weighted by Gasteiger charge is 2.07. The van der Waals surface area contributed by atoms with Crippen LogP contribution in [0.4, 0.5) is 0 Å². The van der Waals surface area contributed by atoms with E-state index in [9.17, 15) is 4.79 Å². The highest BCUT2D eigenvalue weighted by molar-refractivity contribution is 6.42. The van der Waals surface area contributed by atoms with Crippen LogP contribution in [-0.4, -0.2) is 24.2 Å². The smallest absolute Gasteiger partial charge is 0.224 e. The van der Waals surface area contributed by atoms with Crippen LogP contribution in [0, 0.1) is 5.92 Å². The molecule has 1 atom stereocenters. The Kier molecular flexibility index (Phi) is 5.75. The minimum atomic E-state index is -0.0938. The fourth-order valence-corrected chi connectivity index (χ4v) is 1.57. The van der Waals surface area contributed by atoms with Crippen molar-refractivity contribution in [3.63, 3.8) is 0 Å². The normalized spacial score (nSPS) is 12.2. The van der Waals surface area contributed by atoms with Crippen molar-refractivity contribution in [1.82, 2.24) is 5.32 Å². The van der Waals surface area contributed by atoms with Gasteiger partial charge in [-0.05, 0) is 23.6 Å². The number of carbonyl (C=O) groups is 1. The number of halogens is 2. The van der Waals surface area contributed by atoms with Crippen molar-refractivity contribution in [3.05, 3.63) is 33.8 Å². The molecule has 94 valence electrons. The van der Waals surface area contributed by atoms with Crippen molar-refractivity contribution in [3.8, 4) is 0 Å². The molecule has 0 bridgehead atoms. The van der Waals surface area contributed by atoms with Gasteiger partial charge in [-0.1, -0.05) is 36.2 Å². The van der Waals surface area contributed by atoms with Gasteiger partial charge in [0, 0.05) is 13.2 Å². The highest BCUT2D eigenvalue weighted by atomic mass is 35.5. The van der Waals surface area contributed by atoms with Crippen LogP contribution in [0.25, 0.3) is 0 Å². The summed E-state index contributed by atoms with van der Waals surface area (Å²) >= 11 is 11.6. The lowest BCUT2D eigenvalue weighted by atomic mass is 10.1. The molecule has 0 aliphatic heterocycles. The molecule has 0 saturated heterocycles. The van der Waals surface area contributed by atoms with Crippen LogP contribution < -0.4 is 5.32 Å². The Labute approximate surface area is 111 Å². The Balaban J connectivity index is 2.48. The molecule has 5 heteroatoms. The molecule has 3 nitrogen and oxygen atoms in total. The summed E-state index contributed by atoms with van der Waals surface area (Å²) < 4.78 is 0. The molecule has 0 aliphatic carbocycles. The second-order valence-electron chi connectivity index (χ2n) is 4.02. The molecular formula is C12H15Cl2NO2. The van der Waals surface area contributed by atoms with Gasteiger partial charge in [0.15, 0.2) is 0 Å². The van der Waals surface area contributed by atoms with Crippen LogP contribution in [0.3, 0.4) is 0 Å². The lowest BCUT2D eigenvalue weighted by Crippen LogP contribution is -2.30. The van der Waals surface area contributed by atoms with Crippen LogP contribution in [0.5, 0.6) is 0 Å². The molecule has 0 radical (unpaired) electrons. The summed E-state index contributed by atoms with van der Waals surface area (Å²) in [7, 11) is 0. The predicted octanol–water partition coefficient (Wildman–Crippen LogP) is 2.28. The van der Waals surface area contributed by atoms with E-state index in [4.69, 9.17) is 28.3 Å². The van der Waals surface area contributed by atoms with Gasteiger partial charge in [-0.25, -0.2) is 0 Å². The number of benzene rings is 1. The minimum Gasteiger partial charge on any atom is -0.396 e. The molecule has 1 aromatic carbocycles. The number of rotatable bonds is 5. The number of nitrogens with one attached hydrogen (secondary N) is 1. The summed E-state index contributed by atoms with van der Waals surface area (Å²) in [6, 6.07) is 5.12. The number of hydrogen-bond acceptors (Lipinski definition) is 2. The fourth-order valence-electron chi connectivity index (χ4n) is 1.25. The van der Waals surface area contributed by atoms with Crippen LogP contribution in [0.1, 0.15) is 12.5 Å². The lowest BCUT2D eigenvalue weighted by Gasteiger charge is -2.09. The summed E-state index contributed by atoms with van der Waals surface area (Å²) in [5.41, 5.74) is 0.813. The summed E-state index contributed by atoms with van der Waals surface area (Å²) in [5.74, 6) is -0.0311. The zero-order chi connectivity index (χ0) is 12.8. The van der Waals surface area contributed by atoms with Crippen molar-refractivity contribution in [2.75, 3.05) is 13.2 Å². The van der Waals surface area contributed by atoms with E-state index >= 15 is 0 Å². The largest absolute Gasteiger partial charge is 0.396 e. The molecule has 0 spiro atoms. The van der Waals surface area contributed by atoms with Gasteiger partial charge in [0.05, 0.1) is 16.5 Å². The predicted molar refractivity (Wildman–Crippen MR) is 69.4 cm³/mol. The molecule has 1 rings (SSSR count). The first-order chi connectivity index (χ1) is 8.02. The van der Waals surface area contributed by atoms with Crippen molar-refractivity contribution >= 4 is 29.1 Å². The van der Waals surface area contributed by atoms with Gasteiger partial charge >= 0.3 is 0 Å². The number of hydrogen-bond donors (Lipinski definition) is 2. The summed E-state index contributed by atoms with van der Waals surface area (Å²) in [6.45, 7) is 2.39. The maximum absolute atomic E-state index is 11.6. The van der Waals surface area contributed by atoms with Crippen LogP contribution in [-0.2, 0) is 11.2 Å². The summed E-state index contributed by atoms with van der Waals surface area (Å²) in [6.07, 6.45) is 0.259. The Morgan fingerprint density at radius 3 is 2.71 bits per heavy atom. The Bertz CT molecular complexity index is 396. The SMILES string of the molecule is CC(CO)CNC(=O)Cc1ccc(Cl)c(Cl)c1. The maximum Gasteiger partial charge on any atom is 0.224 e. The number of aliphatic hydroxyl groups excluding tert-OH is 1. The quantitative estimate of drug-likeness (QED) is 0.866. The van der Waals surface area contributed by atoms with Crippen LogP contribution >= 0.6 is 23.2 Å². The first-order valence-corrected chi connectivity index (χ1v) is 6.10. The Hall–Kier alpha value is -0.770. The van der Waals surface area contributed by atoms with E-state index in [1.165, 1.54) is 0 Å². The Morgan fingerprint density at radius 2 is 2.12 bits per heavy atom. The third-order valence-electron chi connectivity index (χ3n) is 2.31. The fraction of sp³-hybridized carbons (Fsp3) is 0.417. The second kappa shape index (κ2) is 6.84. The zero-order valence-electron chi connectivity index (χ0n) is 9.54. The lowest BCUT2D eigenvalue weighted by molar-refractivity contribution is -0.120. The van der Waals surface area contributed by atoms with Gasteiger partial charge in [0.2, 0.25) is 5.91 Å². The van der Waals surface area contributed by atoms with Gasteiger partial charge in [0.1, 0.15) is 0 Å². The first kappa shape index (κ1) is 14.3. The topological polar surface area (TPSA) is 49.3 Å². The molecule has 0 aliphatic rings. The number of amides is 1. The monoisotopic (exact) mass is 275 g/mol. The van der Waals surface area contributed by atoms with Crippen LogP contribution in [0.2, 0.25) is 10.0 Å².